The van der Waals surface area contributed by atoms with Crippen LogP contribution in [0.1, 0.15) is 27.9 Å². The third kappa shape index (κ3) is 4.03. The highest BCUT2D eigenvalue weighted by atomic mass is 35.5. The third-order valence-electron chi connectivity index (χ3n) is 2.87. The number of rotatable bonds is 5. The van der Waals surface area contributed by atoms with Gasteiger partial charge in [0.2, 0.25) is 0 Å². The van der Waals surface area contributed by atoms with Crippen molar-refractivity contribution < 1.29 is 4.79 Å². The van der Waals surface area contributed by atoms with Crippen molar-refractivity contribution in [1.29, 1.82) is 0 Å². The van der Waals surface area contributed by atoms with E-state index < -0.39 is 0 Å². The molecule has 0 aliphatic heterocycles. The Kier molecular flexibility index (Phi) is 6.64. The van der Waals surface area contributed by atoms with Crippen LogP contribution in [0.4, 0.5) is 0 Å². The van der Waals surface area contributed by atoms with E-state index in [2.05, 4.69) is 4.98 Å². The first-order valence-corrected chi connectivity index (χ1v) is 7.09. The molecular weight excluding hydrogens is 294 g/mol. The Labute approximate surface area is 129 Å². The minimum Gasteiger partial charge on any atom is -0.334 e. The molecule has 2 aromatic rings. The lowest BCUT2D eigenvalue weighted by atomic mass is 10.2. The third-order valence-corrected chi connectivity index (χ3v) is 3.73. The normalized spacial score (nSPS) is 9.90. The molecule has 0 unspecified atom stereocenters. The Morgan fingerprint density at radius 3 is 2.85 bits per heavy atom. The molecule has 2 aromatic heterocycles. The first-order valence-electron chi connectivity index (χ1n) is 6.21. The molecule has 108 valence electrons. The number of amides is 1. The van der Waals surface area contributed by atoms with Gasteiger partial charge in [0.1, 0.15) is 0 Å². The second kappa shape index (κ2) is 7.99. The van der Waals surface area contributed by atoms with Crippen molar-refractivity contribution in [3.05, 3.63) is 52.0 Å². The Morgan fingerprint density at radius 1 is 1.45 bits per heavy atom. The molecule has 20 heavy (non-hydrogen) atoms. The topological polar surface area (TPSA) is 59.2 Å². The number of nitrogens with zero attached hydrogens (tertiary/aromatic N) is 2. The lowest BCUT2D eigenvalue weighted by Crippen LogP contribution is -2.30. The van der Waals surface area contributed by atoms with E-state index in [9.17, 15) is 4.79 Å². The number of aromatic nitrogens is 1. The Bertz CT molecular complexity index is 545. The number of carbonyl (C=O) groups is 1. The van der Waals surface area contributed by atoms with Crippen LogP contribution >= 0.6 is 23.7 Å². The van der Waals surface area contributed by atoms with Crippen molar-refractivity contribution in [2.75, 3.05) is 6.54 Å². The molecule has 0 saturated carbocycles. The molecule has 6 heteroatoms. The van der Waals surface area contributed by atoms with Gasteiger partial charge in [-0.1, -0.05) is 6.07 Å². The summed E-state index contributed by atoms with van der Waals surface area (Å²) in [5, 5.41) is 2.02. The van der Waals surface area contributed by atoms with Crippen molar-refractivity contribution in [2.24, 2.45) is 5.73 Å². The van der Waals surface area contributed by atoms with Gasteiger partial charge in [-0.25, -0.2) is 0 Å². The molecule has 0 aliphatic carbocycles. The van der Waals surface area contributed by atoms with Gasteiger partial charge in [-0.3, -0.25) is 9.78 Å². The van der Waals surface area contributed by atoms with Crippen molar-refractivity contribution in [2.45, 2.75) is 20.0 Å². The van der Waals surface area contributed by atoms with Crippen molar-refractivity contribution in [3.8, 4) is 0 Å². The Hall–Kier alpha value is -1.43. The number of pyridine rings is 1. The molecule has 1 amide bonds. The maximum absolute atomic E-state index is 12.4. The summed E-state index contributed by atoms with van der Waals surface area (Å²) in [5.74, 6) is 0.0213. The largest absolute Gasteiger partial charge is 0.334 e. The average molecular weight is 312 g/mol. The fourth-order valence-corrected chi connectivity index (χ4v) is 2.54. The highest BCUT2D eigenvalue weighted by Gasteiger charge is 2.15. The molecule has 0 aliphatic rings. The molecule has 0 saturated heterocycles. The lowest BCUT2D eigenvalue weighted by Gasteiger charge is -2.20. The minimum absolute atomic E-state index is 0. The first kappa shape index (κ1) is 16.6. The number of nitrogens with two attached hydrogens (primary N) is 1. The van der Waals surface area contributed by atoms with Crippen LogP contribution in [-0.2, 0) is 13.1 Å². The summed E-state index contributed by atoms with van der Waals surface area (Å²) < 4.78 is 0. The maximum atomic E-state index is 12.4. The molecule has 2 rings (SSSR count). The van der Waals surface area contributed by atoms with Gasteiger partial charge in [0.25, 0.3) is 5.91 Å². The minimum atomic E-state index is 0. The van der Waals surface area contributed by atoms with Crippen LogP contribution in [-0.4, -0.2) is 22.3 Å². The summed E-state index contributed by atoms with van der Waals surface area (Å²) in [6.45, 7) is 3.65. The molecule has 0 fully saturated rings. The molecule has 0 spiro atoms. The maximum Gasteiger partial charge on any atom is 0.254 e. The van der Waals surface area contributed by atoms with Gasteiger partial charge in [-0.2, -0.15) is 0 Å². The van der Waals surface area contributed by atoms with Gasteiger partial charge in [-0.05, 0) is 30.5 Å². The molecular formula is C14H18ClN3OS. The van der Waals surface area contributed by atoms with E-state index >= 15 is 0 Å². The second-order valence-corrected chi connectivity index (χ2v) is 5.17. The highest BCUT2D eigenvalue weighted by molar-refractivity contribution is 7.09. The summed E-state index contributed by atoms with van der Waals surface area (Å²) in [6.07, 6.45) is 1.63. The molecule has 2 N–H and O–H groups in total. The second-order valence-electron chi connectivity index (χ2n) is 4.14. The monoisotopic (exact) mass is 311 g/mol. The SMILES string of the molecule is CCN(Cc1cccs1)C(=O)c1ccnc(CN)c1.Cl. The van der Waals surface area contributed by atoms with E-state index in [0.717, 1.165) is 5.69 Å². The number of hydrogen-bond acceptors (Lipinski definition) is 4. The molecule has 2 heterocycles. The summed E-state index contributed by atoms with van der Waals surface area (Å²) in [4.78, 5) is 19.5. The van der Waals surface area contributed by atoms with E-state index in [0.29, 0.717) is 25.2 Å². The van der Waals surface area contributed by atoms with E-state index in [-0.39, 0.29) is 18.3 Å². The van der Waals surface area contributed by atoms with Gasteiger partial charge in [0.05, 0.1) is 12.2 Å². The van der Waals surface area contributed by atoms with Crippen LogP contribution < -0.4 is 5.73 Å². The lowest BCUT2D eigenvalue weighted by molar-refractivity contribution is 0.0754. The van der Waals surface area contributed by atoms with E-state index in [1.54, 1.807) is 29.7 Å². The number of thiophene rings is 1. The average Bonchev–Trinajstić information content (AvgIpc) is 2.97. The zero-order chi connectivity index (χ0) is 13.7. The Morgan fingerprint density at radius 2 is 2.25 bits per heavy atom. The van der Waals surface area contributed by atoms with Gasteiger partial charge >= 0.3 is 0 Å². The summed E-state index contributed by atoms with van der Waals surface area (Å²) in [5.41, 5.74) is 6.93. The standard InChI is InChI=1S/C14H17N3OS.ClH/c1-2-17(10-13-4-3-7-19-13)14(18)11-5-6-16-12(8-11)9-15;/h3-8H,2,9-10,15H2,1H3;1H. The van der Waals surface area contributed by atoms with Crippen molar-refractivity contribution in [3.63, 3.8) is 0 Å². The molecule has 0 radical (unpaired) electrons. The van der Waals surface area contributed by atoms with E-state index in [1.165, 1.54) is 4.88 Å². The molecule has 0 atom stereocenters. The predicted molar refractivity (Wildman–Crippen MR) is 84.1 cm³/mol. The fraction of sp³-hybridized carbons (Fsp3) is 0.286. The van der Waals surface area contributed by atoms with Crippen LogP contribution in [0, 0.1) is 0 Å². The summed E-state index contributed by atoms with van der Waals surface area (Å²) in [6, 6.07) is 7.54. The number of halogens is 1. The molecule has 0 aromatic carbocycles. The zero-order valence-electron chi connectivity index (χ0n) is 11.3. The number of hydrogen-bond donors (Lipinski definition) is 1. The van der Waals surface area contributed by atoms with E-state index in [1.807, 2.05) is 29.3 Å². The van der Waals surface area contributed by atoms with Crippen LogP contribution in [0.3, 0.4) is 0 Å². The first-order chi connectivity index (χ1) is 9.24. The fourth-order valence-electron chi connectivity index (χ4n) is 1.82. The van der Waals surface area contributed by atoms with Crippen molar-refractivity contribution in [1.82, 2.24) is 9.88 Å². The highest BCUT2D eigenvalue weighted by Crippen LogP contribution is 2.14. The molecule has 0 bridgehead atoms. The van der Waals surface area contributed by atoms with Crippen LogP contribution in [0.5, 0.6) is 0 Å². The van der Waals surface area contributed by atoms with Crippen molar-refractivity contribution >= 4 is 29.7 Å². The zero-order valence-corrected chi connectivity index (χ0v) is 12.9. The predicted octanol–water partition coefficient (Wildman–Crippen LogP) is 2.69. The quantitative estimate of drug-likeness (QED) is 0.923. The van der Waals surface area contributed by atoms with Gasteiger partial charge in [0.15, 0.2) is 0 Å². The summed E-state index contributed by atoms with van der Waals surface area (Å²) in [7, 11) is 0. The number of carbonyl (C=O) groups excluding carboxylic acids is 1. The van der Waals surface area contributed by atoms with Crippen LogP contribution in [0.2, 0.25) is 0 Å². The smallest absolute Gasteiger partial charge is 0.254 e. The summed E-state index contributed by atoms with van der Waals surface area (Å²) >= 11 is 1.66. The van der Waals surface area contributed by atoms with E-state index in [4.69, 9.17) is 5.73 Å². The van der Waals surface area contributed by atoms with Crippen LogP contribution in [0.15, 0.2) is 35.8 Å². The van der Waals surface area contributed by atoms with Gasteiger partial charge in [-0.15, -0.1) is 23.7 Å². The van der Waals surface area contributed by atoms with Crippen LogP contribution in [0.25, 0.3) is 0 Å². The van der Waals surface area contributed by atoms with Gasteiger partial charge in [0, 0.05) is 29.7 Å². The van der Waals surface area contributed by atoms with Gasteiger partial charge < -0.3 is 10.6 Å². The molecule has 4 nitrogen and oxygen atoms in total. The Balaban J connectivity index is 0.00000200.